The summed E-state index contributed by atoms with van der Waals surface area (Å²) in [7, 11) is 0. The van der Waals surface area contributed by atoms with Gasteiger partial charge in [-0.3, -0.25) is 9.78 Å². The summed E-state index contributed by atoms with van der Waals surface area (Å²) < 4.78 is 11.1. The molecule has 1 amide bonds. The molecule has 1 N–H and O–H groups in total. The van der Waals surface area contributed by atoms with Crippen LogP contribution in [0.1, 0.15) is 43.1 Å². The molecule has 2 aromatic heterocycles. The van der Waals surface area contributed by atoms with Crippen molar-refractivity contribution in [2.45, 2.75) is 38.7 Å². The van der Waals surface area contributed by atoms with Crippen LogP contribution in [0, 0.1) is 5.92 Å². The van der Waals surface area contributed by atoms with Crippen LogP contribution in [0.25, 0.3) is 11.3 Å². The Morgan fingerprint density at radius 2 is 2.29 bits per heavy atom. The van der Waals surface area contributed by atoms with Crippen LogP contribution in [0.15, 0.2) is 35.1 Å². The SMILES string of the molecule is C[C@@H]1CCCC[C@H]1OCCNC(=O)c1cc(-c2cccnc2)on1. The summed E-state index contributed by atoms with van der Waals surface area (Å²) in [4.78, 5) is 16.1. The third-order valence-corrected chi connectivity index (χ3v) is 4.44. The van der Waals surface area contributed by atoms with Crippen molar-refractivity contribution in [2.75, 3.05) is 13.2 Å². The molecule has 1 aliphatic carbocycles. The molecule has 1 saturated carbocycles. The van der Waals surface area contributed by atoms with Gasteiger partial charge in [-0.1, -0.05) is 24.9 Å². The number of carbonyl (C=O) groups is 1. The summed E-state index contributed by atoms with van der Waals surface area (Å²) >= 11 is 0. The highest BCUT2D eigenvalue weighted by Crippen LogP contribution is 2.26. The fraction of sp³-hybridized carbons (Fsp3) is 0.500. The van der Waals surface area contributed by atoms with Gasteiger partial charge in [0.25, 0.3) is 5.91 Å². The fourth-order valence-corrected chi connectivity index (χ4v) is 3.02. The predicted molar refractivity (Wildman–Crippen MR) is 89.4 cm³/mol. The zero-order valence-electron chi connectivity index (χ0n) is 13.9. The number of amides is 1. The molecule has 0 bridgehead atoms. The second kappa shape index (κ2) is 8.06. The number of ether oxygens (including phenoxy) is 1. The second-order valence-electron chi connectivity index (χ2n) is 6.24. The number of nitrogens with zero attached hydrogens (tertiary/aromatic N) is 2. The number of hydrogen-bond donors (Lipinski definition) is 1. The Labute approximate surface area is 141 Å². The van der Waals surface area contributed by atoms with E-state index in [1.807, 2.05) is 6.07 Å². The van der Waals surface area contributed by atoms with Crippen molar-refractivity contribution in [3.63, 3.8) is 0 Å². The van der Waals surface area contributed by atoms with Gasteiger partial charge < -0.3 is 14.6 Å². The molecule has 0 unspecified atom stereocenters. The molecule has 0 spiro atoms. The van der Waals surface area contributed by atoms with Gasteiger partial charge in [0.15, 0.2) is 11.5 Å². The van der Waals surface area contributed by atoms with E-state index in [1.54, 1.807) is 24.5 Å². The van der Waals surface area contributed by atoms with Gasteiger partial charge in [-0.05, 0) is 30.9 Å². The van der Waals surface area contributed by atoms with Crippen molar-refractivity contribution in [3.8, 4) is 11.3 Å². The maximum absolute atomic E-state index is 12.1. The minimum Gasteiger partial charge on any atom is -0.376 e. The molecule has 0 radical (unpaired) electrons. The van der Waals surface area contributed by atoms with E-state index in [9.17, 15) is 4.79 Å². The molecule has 2 aromatic rings. The topological polar surface area (TPSA) is 77.2 Å². The zero-order valence-corrected chi connectivity index (χ0v) is 13.9. The standard InChI is InChI=1S/C18H23N3O3/c1-13-5-2-3-7-16(13)23-10-9-20-18(22)15-11-17(24-21-15)14-6-4-8-19-12-14/h4,6,8,11-13,16H,2-3,5,7,9-10H2,1H3,(H,20,22)/t13-,16-/m1/s1. The van der Waals surface area contributed by atoms with Crippen LogP contribution < -0.4 is 5.32 Å². The first-order valence-corrected chi connectivity index (χ1v) is 8.51. The molecular weight excluding hydrogens is 306 g/mol. The summed E-state index contributed by atoms with van der Waals surface area (Å²) in [6.45, 7) is 3.23. The Morgan fingerprint density at radius 1 is 1.42 bits per heavy atom. The zero-order chi connectivity index (χ0) is 16.8. The van der Waals surface area contributed by atoms with Crippen molar-refractivity contribution in [1.29, 1.82) is 0 Å². The smallest absolute Gasteiger partial charge is 0.273 e. The molecule has 2 atom stereocenters. The third-order valence-electron chi connectivity index (χ3n) is 4.44. The molecule has 128 valence electrons. The van der Waals surface area contributed by atoms with Gasteiger partial charge in [0.05, 0.1) is 12.7 Å². The van der Waals surface area contributed by atoms with Gasteiger partial charge in [-0.25, -0.2) is 0 Å². The monoisotopic (exact) mass is 329 g/mol. The maximum atomic E-state index is 12.1. The highest BCUT2D eigenvalue weighted by atomic mass is 16.5. The highest BCUT2D eigenvalue weighted by molar-refractivity contribution is 5.93. The molecule has 3 rings (SSSR count). The number of nitrogens with one attached hydrogen (secondary N) is 1. The van der Waals surface area contributed by atoms with E-state index in [2.05, 4.69) is 22.4 Å². The normalized spacial score (nSPS) is 20.7. The first-order valence-electron chi connectivity index (χ1n) is 8.51. The van der Waals surface area contributed by atoms with Crippen LogP contribution in [0.5, 0.6) is 0 Å². The first-order chi connectivity index (χ1) is 11.7. The first kappa shape index (κ1) is 16.6. The van der Waals surface area contributed by atoms with E-state index < -0.39 is 0 Å². The average Bonchev–Trinajstić information content (AvgIpc) is 3.11. The van der Waals surface area contributed by atoms with Crippen molar-refractivity contribution in [2.24, 2.45) is 5.92 Å². The molecule has 1 aliphatic rings. The molecule has 0 aliphatic heterocycles. The molecule has 2 heterocycles. The van der Waals surface area contributed by atoms with Crippen molar-refractivity contribution in [1.82, 2.24) is 15.5 Å². The maximum Gasteiger partial charge on any atom is 0.273 e. The van der Waals surface area contributed by atoms with Crippen LogP contribution in [0.4, 0.5) is 0 Å². The summed E-state index contributed by atoms with van der Waals surface area (Å²) in [5, 5.41) is 6.63. The molecule has 24 heavy (non-hydrogen) atoms. The Bertz CT molecular complexity index is 657. The average molecular weight is 329 g/mol. The van der Waals surface area contributed by atoms with Gasteiger partial charge in [0.1, 0.15) is 0 Å². The quantitative estimate of drug-likeness (QED) is 0.824. The van der Waals surface area contributed by atoms with E-state index in [-0.39, 0.29) is 11.6 Å². The molecular formula is C18H23N3O3. The minimum absolute atomic E-state index is 0.255. The number of carbonyl (C=O) groups excluding carboxylic acids is 1. The van der Waals surface area contributed by atoms with E-state index in [0.717, 1.165) is 12.0 Å². The number of aromatic nitrogens is 2. The molecule has 0 aromatic carbocycles. The minimum atomic E-state index is -0.255. The van der Waals surface area contributed by atoms with Crippen molar-refractivity contribution >= 4 is 5.91 Å². The second-order valence-corrected chi connectivity index (χ2v) is 6.24. The van der Waals surface area contributed by atoms with Crippen LogP contribution in [-0.2, 0) is 4.74 Å². The lowest BCUT2D eigenvalue weighted by Crippen LogP contribution is -2.31. The molecule has 1 fully saturated rings. The lowest BCUT2D eigenvalue weighted by Gasteiger charge is -2.28. The van der Waals surface area contributed by atoms with E-state index in [1.165, 1.54) is 19.3 Å². The van der Waals surface area contributed by atoms with Gasteiger partial charge >= 0.3 is 0 Å². The van der Waals surface area contributed by atoms with Gasteiger partial charge in [0, 0.05) is 30.6 Å². The summed E-state index contributed by atoms with van der Waals surface area (Å²) in [5.41, 5.74) is 1.05. The fourth-order valence-electron chi connectivity index (χ4n) is 3.02. The van der Waals surface area contributed by atoms with Gasteiger partial charge in [0.2, 0.25) is 0 Å². The number of hydrogen-bond acceptors (Lipinski definition) is 5. The van der Waals surface area contributed by atoms with E-state index in [0.29, 0.717) is 30.9 Å². The Kier molecular flexibility index (Phi) is 5.59. The van der Waals surface area contributed by atoms with Crippen LogP contribution in [0.2, 0.25) is 0 Å². The highest BCUT2D eigenvalue weighted by Gasteiger charge is 2.21. The van der Waals surface area contributed by atoms with Crippen molar-refractivity contribution < 1.29 is 14.1 Å². The lowest BCUT2D eigenvalue weighted by atomic mass is 9.88. The third kappa shape index (κ3) is 4.20. The summed E-state index contributed by atoms with van der Waals surface area (Å²) in [6.07, 6.45) is 8.54. The van der Waals surface area contributed by atoms with Crippen LogP contribution in [-0.4, -0.2) is 35.3 Å². The van der Waals surface area contributed by atoms with Gasteiger partial charge in [-0.2, -0.15) is 0 Å². The van der Waals surface area contributed by atoms with Crippen molar-refractivity contribution in [3.05, 3.63) is 36.3 Å². The Balaban J connectivity index is 1.45. The van der Waals surface area contributed by atoms with Crippen LogP contribution >= 0.6 is 0 Å². The van der Waals surface area contributed by atoms with Crippen LogP contribution in [0.3, 0.4) is 0 Å². The largest absolute Gasteiger partial charge is 0.376 e. The molecule has 6 heteroatoms. The van der Waals surface area contributed by atoms with Gasteiger partial charge in [-0.15, -0.1) is 0 Å². The Morgan fingerprint density at radius 3 is 3.08 bits per heavy atom. The molecule has 6 nitrogen and oxygen atoms in total. The van der Waals surface area contributed by atoms with E-state index in [4.69, 9.17) is 9.26 Å². The number of pyridine rings is 1. The summed E-state index contributed by atoms with van der Waals surface area (Å²) in [6, 6.07) is 5.28. The summed E-state index contributed by atoms with van der Waals surface area (Å²) in [5.74, 6) is 0.877. The molecule has 0 saturated heterocycles. The predicted octanol–water partition coefficient (Wildman–Crippen LogP) is 3.06. The lowest BCUT2D eigenvalue weighted by molar-refractivity contribution is -0.00296. The number of rotatable bonds is 6. The Hall–Kier alpha value is -2.21. The van der Waals surface area contributed by atoms with E-state index >= 15 is 0 Å².